The summed E-state index contributed by atoms with van der Waals surface area (Å²) in [6.45, 7) is 10.6. The largest absolute Gasteiger partial charge is 0.350 e. The molecule has 0 saturated carbocycles. The van der Waals surface area contributed by atoms with E-state index in [1.54, 1.807) is 6.07 Å². The molecule has 0 aliphatic heterocycles. The zero-order valence-electron chi connectivity index (χ0n) is 17.1. The first-order valence-electron chi connectivity index (χ1n) is 9.36. The molecular formula is C23H26N4O. The predicted molar refractivity (Wildman–Crippen MR) is 114 cm³/mol. The van der Waals surface area contributed by atoms with Crippen LogP contribution in [0.1, 0.15) is 44.0 Å². The summed E-state index contributed by atoms with van der Waals surface area (Å²) in [5, 5.41) is 6.22. The minimum absolute atomic E-state index is 0.237. The third kappa shape index (κ3) is 4.74. The molecule has 2 N–H and O–H groups in total. The normalized spacial score (nSPS) is 10.6. The van der Waals surface area contributed by atoms with Crippen LogP contribution in [-0.4, -0.2) is 15.9 Å². The highest BCUT2D eigenvalue weighted by Crippen LogP contribution is 2.22. The average Bonchev–Trinajstić information content (AvgIpc) is 2.62. The fourth-order valence-electron chi connectivity index (χ4n) is 3.32. The lowest BCUT2D eigenvalue weighted by Gasteiger charge is -2.13. The number of nitrogens with one attached hydrogen (secondary N) is 2. The van der Waals surface area contributed by atoms with Gasteiger partial charge in [0.15, 0.2) is 0 Å². The number of aromatic nitrogens is 2. The number of hydrogen-bond donors (Lipinski definition) is 2. The Morgan fingerprint density at radius 3 is 2.29 bits per heavy atom. The molecule has 0 atom stereocenters. The van der Waals surface area contributed by atoms with Gasteiger partial charge < -0.3 is 10.6 Å². The van der Waals surface area contributed by atoms with Gasteiger partial charge in [-0.3, -0.25) is 4.79 Å². The van der Waals surface area contributed by atoms with Crippen molar-refractivity contribution in [3.05, 3.63) is 81.7 Å². The van der Waals surface area contributed by atoms with Gasteiger partial charge in [-0.15, -0.1) is 0 Å². The van der Waals surface area contributed by atoms with E-state index < -0.39 is 0 Å². The molecule has 0 aliphatic rings. The van der Waals surface area contributed by atoms with Crippen LogP contribution in [0.25, 0.3) is 0 Å². The fourth-order valence-corrected chi connectivity index (χ4v) is 3.32. The standard InChI is InChI=1S/C23H26N4O/c1-14-7-6-8-19(11-14)13-24-23-25-18(5)12-20(26-23)22(28)27-21-16(3)9-15(2)10-17(21)4/h6-12H,13H2,1-5H3,(H,27,28)(H,24,25,26). The summed E-state index contributed by atoms with van der Waals surface area (Å²) in [6, 6.07) is 14.1. The van der Waals surface area contributed by atoms with Crippen molar-refractivity contribution in [3.63, 3.8) is 0 Å². The molecule has 0 spiro atoms. The zero-order valence-corrected chi connectivity index (χ0v) is 17.1. The van der Waals surface area contributed by atoms with Crippen LogP contribution in [0.3, 0.4) is 0 Å². The molecule has 0 unspecified atom stereocenters. The number of rotatable bonds is 5. The fraction of sp³-hybridized carbons (Fsp3) is 0.261. The maximum Gasteiger partial charge on any atom is 0.274 e. The molecule has 0 saturated heterocycles. The monoisotopic (exact) mass is 374 g/mol. The third-order valence-corrected chi connectivity index (χ3v) is 4.54. The molecule has 1 amide bonds. The van der Waals surface area contributed by atoms with Gasteiger partial charge in [0, 0.05) is 17.9 Å². The second-order valence-corrected chi connectivity index (χ2v) is 7.29. The van der Waals surface area contributed by atoms with E-state index in [1.165, 1.54) is 11.1 Å². The van der Waals surface area contributed by atoms with Crippen LogP contribution in [-0.2, 0) is 6.54 Å². The third-order valence-electron chi connectivity index (χ3n) is 4.54. The van der Waals surface area contributed by atoms with Gasteiger partial charge in [-0.25, -0.2) is 9.97 Å². The molecule has 1 aromatic heterocycles. The van der Waals surface area contributed by atoms with Gasteiger partial charge in [-0.05, 0) is 57.4 Å². The zero-order chi connectivity index (χ0) is 20.3. The second-order valence-electron chi connectivity index (χ2n) is 7.29. The molecule has 0 radical (unpaired) electrons. The summed E-state index contributed by atoms with van der Waals surface area (Å²) in [7, 11) is 0. The van der Waals surface area contributed by atoms with Gasteiger partial charge in [0.2, 0.25) is 5.95 Å². The summed E-state index contributed by atoms with van der Waals surface area (Å²) >= 11 is 0. The number of amides is 1. The number of aryl methyl sites for hydroxylation is 5. The lowest BCUT2D eigenvalue weighted by molar-refractivity contribution is 0.102. The van der Waals surface area contributed by atoms with Gasteiger partial charge >= 0.3 is 0 Å². The topological polar surface area (TPSA) is 66.9 Å². The van der Waals surface area contributed by atoms with Crippen LogP contribution < -0.4 is 10.6 Å². The van der Waals surface area contributed by atoms with Crippen LogP contribution >= 0.6 is 0 Å². The molecular weight excluding hydrogens is 348 g/mol. The number of hydrogen-bond acceptors (Lipinski definition) is 4. The smallest absolute Gasteiger partial charge is 0.274 e. The quantitative estimate of drug-likeness (QED) is 0.668. The van der Waals surface area contributed by atoms with Crippen LogP contribution in [0.2, 0.25) is 0 Å². The predicted octanol–water partition coefficient (Wildman–Crippen LogP) is 4.88. The summed E-state index contributed by atoms with van der Waals surface area (Å²) < 4.78 is 0. The van der Waals surface area contributed by atoms with Crippen molar-refractivity contribution in [1.29, 1.82) is 0 Å². The maximum absolute atomic E-state index is 12.8. The molecule has 0 aliphatic carbocycles. The van der Waals surface area contributed by atoms with Gasteiger partial charge in [-0.1, -0.05) is 47.5 Å². The van der Waals surface area contributed by atoms with Gasteiger partial charge in [0.05, 0.1) is 0 Å². The van der Waals surface area contributed by atoms with Crippen LogP contribution in [0.15, 0.2) is 42.5 Å². The Kier molecular flexibility index (Phi) is 5.73. The van der Waals surface area contributed by atoms with E-state index in [0.717, 1.165) is 28.1 Å². The van der Waals surface area contributed by atoms with Crippen LogP contribution in [0, 0.1) is 34.6 Å². The summed E-state index contributed by atoms with van der Waals surface area (Å²) in [5.41, 5.74) is 7.51. The first kappa shape index (κ1) is 19.5. The Hall–Kier alpha value is -3.21. The van der Waals surface area contributed by atoms with Crippen LogP contribution in [0.5, 0.6) is 0 Å². The van der Waals surface area contributed by atoms with Crippen molar-refractivity contribution in [3.8, 4) is 0 Å². The SMILES string of the molecule is Cc1cccc(CNc2nc(C)cc(C(=O)Nc3c(C)cc(C)cc3C)n2)c1. The lowest BCUT2D eigenvalue weighted by Crippen LogP contribution is -2.17. The Morgan fingerprint density at radius 1 is 0.893 bits per heavy atom. The van der Waals surface area contributed by atoms with Crippen molar-refractivity contribution in [1.82, 2.24) is 9.97 Å². The van der Waals surface area contributed by atoms with Crippen molar-refractivity contribution in [2.45, 2.75) is 41.2 Å². The summed E-state index contributed by atoms with van der Waals surface area (Å²) in [4.78, 5) is 21.6. The highest BCUT2D eigenvalue weighted by atomic mass is 16.1. The van der Waals surface area contributed by atoms with Crippen molar-refractivity contribution < 1.29 is 4.79 Å². The van der Waals surface area contributed by atoms with Gasteiger partial charge in [0.1, 0.15) is 5.69 Å². The first-order valence-corrected chi connectivity index (χ1v) is 9.36. The Morgan fingerprint density at radius 2 is 1.61 bits per heavy atom. The maximum atomic E-state index is 12.8. The molecule has 144 valence electrons. The van der Waals surface area contributed by atoms with Gasteiger partial charge in [-0.2, -0.15) is 0 Å². The molecule has 28 heavy (non-hydrogen) atoms. The summed E-state index contributed by atoms with van der Waals surface area (Å²) in [5.74, 6) is 0.211. The molecule has 2 aromatic carbocycles. The van der Waals surface area contributed by atoms with E-state index in [0.29, 0.717) is 18.2 Å². The first-order chi connectivity index (χ1) is 13.3. The Balaban J connectivity index is 1.78. The van der Waals surface area contributed by atoms with E-state index in [9.17, 15) is 4.79 Å². The van der Waals surface area contributed by atoms with Crippen molar-refractivity contribution in [2.75, 3.05) is 10.6 Å². The van der Waals surface area contributed by atoms with Crippen molar-refractivity contribution >= 4 is 17.5 Å². The number of carbonyl (C=O) groups is 1. The highest BCUT2D eigenvalue weighted by Gasteiger charge is 2.14. The molecule has 1 heterocycles. The number of nitrogens with zero attached hydrogens (tertiary/aromatic N) is 2. The number of anilines is 2. The average molecular weight is 374 g/mol. The minimum atomic E-state index is -0.237. The molecule has 5 heteroatoms. The van der Waals surface area contributed by atoms with E-state index in [4.69, 9.17) is 0 Å². The number of carbonyl (C=O) groups excluding carboxylic acids is 1. The molecule has 0 bridgehead atoms. The van der Waals surface area contributed by atoms with Crippen molar-refractivity contribution in [2.24, 2.45) is 0 Å². The van der Waals surface area contributed by atoms with E-state index >= 15 is 0 Å². The van der Waals surface area contributed by atoms with Crippen LogP contribution in [0.4, 0.5) is 11.6 Å². The molecule has 3 aromatic rings. The van der Waals surface area contributed by atoms with E-state index in [1.807, 2.05) is 39.8 Å². The van der Waals surface area contributed by atoms with E-state index in [-0.39, 0.29) is 5.91 Å². The Labute approximate surface area is 166 Å². The lowest BCUT2D eigenvalue weighted by atomic mass is 10.0. The second kappa shape index (κ2) is 8.21. The molecule has 3 rings (SSSR count). The molecule has 0 fully saturated rings. The number of benzene rings is 2. The summed E-state index contributed by atoms with van der Waals surface area (Å²) in [6.07, 6.45) is 0. The molecule has 5 nitrogen and oxygen atoms in total. The Bertz CT molecular complexity index is 1000. The van der Waals surface area contributed by atoms with E-state index in [2.05, 4.69) is 51.8 Å². The minimum Gasteiger partial charge on any atom is -0.350 e. The van der Waals surface area contributed by atoms with Gasteiger partial charge in [0.25, 0.3) is 5.91 Å². The highest BCUT2D eigenvalue weighted by molar-refractivity contribution is 6.04.